The van der Waals surface area contributed by atoms with Gasteiger partial charge in [-0.2, -0.15) is 0 Å². The Hall–Kier alpha value is -0.840. The topological polar surface area (TPSA) is 29.5 Å². The van der Waals surface area contributed by atoms with Gasteiger partial charge in [0, 0.05) is 4.47 Å². The zero-order chi connectivity index (χ0) is 14.0. The molecule has 0 bridgehead atoms. The van der Waals surface area contributed by atoms with Crippen LogP contribution in [0.5, 0.6) is 5.75 Å². The Labute approximate surface area is 129 Å². The maximum Gasteiger partial charge on any atom is 0.133 e. The molecule has 2 aromatic rings. The Morgan fingerprint density at radius 3 is 2.53 bits per heavy atom. The molecule has 100 valence electrons. The summed E-state index contributed by atoms with van der Waals surface area (Å²) in [5.74, 6) is 0.749. The highest BCUT2D eigenvalue weighted by molar-refractivity contribution is 9.10. The van der Waals surface area contributed by atoms with Gasteiger partial charge in [0.25, 0.3) is 0 Å². The van der Waals surface area contributed by atoms with Crippen molar-refractivity contribution in [1.29, 1.82) is 0 Å². The molecule has 0 amide bonds. The highest BCUT2D eigenvalue weighted by Crippen LogP contribution is 2.34. The standard InChI is InChI=1S/C15H14Br2O2/c1-9-4-3-5-11(14(9)17)15(18)10-6-7-13(19-2)12(16)8-10/h3-8,15,18H,1-2H3. The molecule has 1 atom stereocenters. The predicted octanol–water partition coefficient (Wildman–Crippen LogP) is 4.61. The van der Waals surface area contributed by atoms with Crippen LogP contribution in [0.2, 0.25) is 0 Å². The van der Waals surface area contributed by atoms with E-state index in [1.165, 1.54) is 0 Å². The van der Waals surface area contributed by atoms with E-state index in [1.807, 2.05) is 43.3 Å². The largest absolute Gasteiger partial charge is 0.496 e. The zero-order valence-electron chi connectivity index (χ0n) is 10.7. The summed E-state index contributed by atoms with van der Waals surface area (Å²) in [4.78, 5) is 0. The molecule has 1 unspecified atom stereocenters. The van der Waals surface area contributed by atoms with Gasteiger partial charge in [-0.05, 0) is 51.7 Å². The average molecular weight is 386 g/mol. The second-order valence-electron chi connectivity index (χ2n) is 4.27. The van der Waals surface area contributed by atoms with Crippen molar-refractivity contribution in [2.24, 2.45) is 0 Å². The van der Waals surface area contributed by atoms with Gasteiger partial charge < -0.3 is 9.84 Å². The minimum atomic E-state index is -0.670. The van der Waals surface area contributed by atoms with Crippen LogP contribution in [0, 0.1) is 6.92 Å². The fourth-order valence-corrected chi connectivity index (χ4v) is 2.95. The normalized spacial score (nSPS) is 12.3. The molecule has 0 heterocycles. The van der Waals surface area contributed by atoms with Gasteiger partial charge in [-0.25, -0.2) is 0 Å². The minimum Gasteiger partial charge on any atom is -0.496 e. The third kappa shape index (κ3) is 3.02. The van der Waals surface area contributed by atoms with Gasteiger partial charge in [0.1, 0.15) is 11.9 Å². The molecule has 4 heteroatoms. The fourth-order valence-electron chi connectivity index (χ4n) is 1.91. The summed E-state index contributed by atoms with van der Waals surface area (Å²) >= 11 is 6.96. The van der Waals surface area contributed by atoms with Crippen molar-refractivity contribution in [2.75, 3.05) is 7.11 Å². The van der Waals surface area contributed by atoms with Crippen LogP contribution in [0.15, 0.2) is 45.3 Å². The molecule has 2 nitrogen and oxygen atoms in total. The first-order valence-corrected chi connectivity index (χ1v) is 7.39. The van der Waals surface area contributed by atoms with Crippen molar-refractivity contribution in [3.05, 3.63) is 62.0 Å². The van der Waals surface area contributed by atoms with Gasteiger partial charge in [-0.15, -0.1) is 0 Å². The molecular formula is C15H14Br2O2. The first-order chi connectivity index (χ1) is 9.04. The molecule has 0 aliphatic heterocycles. The van der Waals surface area contributed by atoms with E-state index >= 15 is 0 Å². The number of aliphatic hydroxyl groups excluding tert-OH is 1. The maximum absolute atomic E-state index is 10.5. The van der Waals surface area contributed by atoms with Crippen LogP contribution in [0.25, 0.3) is 0 Å². The molecule has 0 saturated carbocycles. The van der Waals surface area contributed by atoms with Gasteiger partial charge in [0.05, 0.1) is 11.6 Å². The third-order valence-electron chi connectivity index (χ3n) is 3.01. The van der Waals surface area contributed by atoms with Crippen molar-refractivity contribution < 1.29 is 9.84 Å². The van der Waals surface area contributed by atoms with Crippen molar-refractivity contribution in [3.63, 3.8) is 0 Å². The molecule has 0 spiro atoms. The minimum absolute atomic E-state index is 0.670. The Morgan fingerprint density at radius 2 is 1.89 bits per heavy atom. The summed E-state index contributed by atoms with van der Waals surface area (Å²) in [5.41, 5.74) is 2.78. The summed E-state index contributed by atoms with van der Waals surface area (Å²) in [6.45, 7) is 2.00. The smallest absolute Gasteiger partial charge is 0.133 e. The van der Waals surface area contributed by atoms with Gasteiger partial charge in [0.15, 0.2) is 0 Å². The molecule has 19 heavy (non-hydrogen) atoms. The van der Waals surface area contributed by atoms with Crippen LogP contribution >= 0.6 is 31.9 Å². The quantitative estimate of drug-likeness (QED) is 0.835. The monoisotopic (exact) mass is 384 g/mol. The number of benzene rings is 2. The maximum atomic E-state index is 10.5. The first kappa shape index (κ1) is 14.6. The number of halogens is 2. The number of aryl methyl sites for hydroxylation is 1. The number of hydrogen-bond acceptors (Lipinski definition) is 2. The van der Waals surface area contributed by atoms with Crippen molar-refractivity contribution in [2.45, 2.75) is 13.0 Å². The summed E-state index contributed by atoms with van der Waals surface area (Å²) in [7, 11) is 1.62. The molecule has 0 fully saturated rings. The van der Waals surface area contributed by atoms with Crippen LogP contribution in [0.4, 0.5) is 0 Å². The van der Waals surface area contributed by atoms with Crippen molar-refractivity contribution in [3.8, 4) is 5.75 Å². The van der Waals surface area contributed by atoms with E-state index in [0.29, 0.717) is 0 Å². The summed E-state index contributed by atoms with van der Waals surface area (Å²) in [6.07, 6.45) is -0.670. The lowest BCUT2D eigenvalue weighted by molar-refractivity contribution is 0.219. The summed E-state index contributed by atoms with van der Waals surface area (Å²) in [5, 5.41) is 10.5. The lowest BCUT2D eigenvalue weighted by Crippen LogP contribution is -2.02. The average Bonchev–Trinajstić information content (AvgIpc) is 2.41. The molecule has 1 N–H and O–H groups in total. The van der Waals surface area contributed by atoms with Gasteiger partial charge in [-0.1, -0.05) is 40.2 Å². The number of ether oxygens (including phenoxy) is 1. The van der Waals surface area contributed by atoms with E-state index in [0.717, 1.165) is 31.4 Å². The first-order valence-electron chi connectivity index (χ1n) is 5.81. The van der Waals surface area contributed by atoms with Gasteiger partial charge in [0.2, 0.25) is 0 Å². The summed E-state index contributed by atoms with van der Waals surface area (Å²) in [6, 6.07) is 11.4. The van der Waals surface area contributed by atoms with E-state index < -0.39 is 6.10 Å². The van der Waals surface area contributed by atoms with Gasteiger partial charge in [-0.3, -0.25) is 0 Å². The number of hydrogen-bond donors (Lipinski definition) is 1. The van der Waals surface area contributed by atoms with Crippen molar-refractivity contribution >= 4 is 31.9 Å². The van der Waals surface area contributed by atoms with Crippen LogP contribution < -0.4 is 4.74 Å². The highest BCUT2D eigenvalue weighted by Gasteiger charge is 2.15. The SMILES string of the molecule is COc1ccc(C(O)c2cccc(C)c2Br)cc1Br. The molecule has 0 saturated heterocycles. The Morgan fingerprint density at radius 1 is 1.16 bits per heavy atom. The van der Waals surface area contributed by atoms with E-state index in [-0.39, 0.29) is 0 Å². The Kier molecular flexibility index (Phi) is 4.66. The molecule has 2 aromatic carbocycles. The molecule has 0 radical (unpaired) electrons. The molecule has 0 aliphatic carbocycles. The molecule has 0 aliphatic rings. The number of rotatable bonds is 3. The van der Waals surface area contributed by atoms with Crippen molar-refractivity contribution in [1.82, 2.24) is 0 Å². The predicted molar refractivity (Wildman–Crippen MR) is 83.6 cm³/mol. The molecule has 2 rings (SSSR count). The zero-order valence-corrected chi connectivity index (χ0v) is 13.8. The highest BCUT2D eigenvalue weighted by atomic mass is 79.9. The lowest BCUT2D eigenvalue weighted by Gasteiger charge is -2.16. The molecular weight excluding hydrogens is 372 g/mol. The Bertz CT molecular complexity index is 597. The fraction of sp³-hybridized carbons (Fsp3) is 0.200. The van der Waals surface area contributed by atoms with Gasteiger partial charge >= 0.3 is 0 Å². The number of aliphatic hydroxyl groups is 1. The van der Waals surface area contributed by atoms with E-state index in [1.54, 1.807) is 7.11 Å². The lowest BCUT2D eigenvalue weighted by atomic mass is 10.00. The van der Waals surface area contributed by atoms with Crippen LogP contribution in [-0.2, 0) is 0 Å². The van der Waals surface area contributed by atoms with Crippen LogP contribution in [-0.4, -0.2) is 12.2 Å². The molecule has 0 aromatic heterocycles. The van der Waals surface area contributed by atoms with Crippen LogP contribution in [0.3, 0.4) is 0 Å². The van der Waals surface area contributed by atoms with E-state index in [9.17, 15) is 5.11 Å². The van der Waals surface area contributed by atoms with E-state index in [2.05, 4.69) is 31.9 Å². The Balaban J connectivity index is 2.41. The van der Waals surface area contributed by atoms with E-state index in [4.69, 9.17) is 4.74 Å². The third-order valence-corrected chi connectivity index (χ3v) is 4.71. The summed E-state index contributed by atoms with van der Waals surface area (Å²) < 4.78 is 6.96. The van der Waals surface area contributed by atoms with Crippen LogP contribution in [0.1, 0.15) is 22.8 Å². The number of methoxy groups -OCH3 is 1. The second-order valence-corrected chi connectivity index (χ2v) is 5.92. The second kappa shape index (κ2) is 6.07.